The Bertz CT molecular complexity index is 547. The zero-order chi connectivity index (χ0) is 13.8. The van der Waals surface area contributed by atoms with Crippen LogP contribution in [0, 0.1) is 0 Å². The average molecular weight is 378 g/mol. The number of nitrogens with two attached hydrogens (primary N) is 1. The van der Waals surface area contributed by atoms with Crippen LogP contribution in [0.1, 0.15) is 23.5 Å². The van der Waals surface area contributed by atoms with Crippen molar-refractivity contribution >= 4 is 50.6 Å². The maximum Gasteiger partial charge on any atom is 0.115 e. The van der Waals surface area contributed by atoms with Gasteiger partial charge in [0, 0.05) is 27.0 Å². The number of thiophene rings is 1. The molecule has 2 heterocycles. The highest BCUT2D eigenvalue weighted by Gasteiger charge is 2.23. The number of thioether (sulfide) groups is 1. The minimum atomic E-state index is 0.0774. The van der Waals surface area contributed by atoms with Crippen molar-refractivity contribution in [2.75, 3.05) is 0 Å². The summed E-state index contributed by atoms with van der Waals surface area (Å²) in [5.74, 6) is 0. The fourth-order valence-electron chi connectivity index (χ4n) is 1.63. The monoisotopic (exact) mass is 376 g/mol. The minimum absolute atomic E-state index is 0.0774. The van der Waals surface area contributed by atoms with E-state index in [-0.39, 0.29) is 11.3 Å². The van der Waals surface area contributed by atoms with Crippen molar-refractivity contribution in [2.45, 2.75) is 29.7 Å². The lowest BCUT2D eigenvalue weighted by atomic mass is 10.1. The Morgan fingerprint density at radius 3 is 2.95 bits per heavy atom. The molecule has 0 aromatic carbocycles. The van der Waals surface area contributed by atoms with E-state index in [1.807, 2.05) is 12.1 Å². The molecule has 2 unspecified atom stereocenters. The van der Waals surface area contributed by atoms with Gasteiger partial charge in [-0.05, 0) is 40.5 Å². The first-order valence-electron chi connectivity index (χ1n) is 5.88. The Labute approximate surface area is 134 Å². The largest absolute Gasteiger partial charge is 0.326 e. The van der Waals surface area contributed by atoms with Gasteiger partial charge >= 0.3 is 0 Å². The number of halogens is 2. The van der Waals surface area contributed by atoms with Crippen molar-refractivity contribution in [1.82, 2.24) is 4.98 Å². The topological polar surface area (TPSA) is 38.9 Å². The van der Waals surface area contributed by atoms with E-state index in [4.69, 9.17) is 17.3 Å². The van der Waals surface area contributed by atoms with Gasteiger partial charge in [-0.1, -0.05) is 30.3 Å². The van der Waals surface area contributed by atoms with Crippen molar-refractivity contribution in [1.29, 1.82) is 0 Å². The van der Waals surface area contributed by atoms with E-state index < -0.39 is 0 Å². The van der Waals surface area contributed by atoms with Gasteiger partial charge in [-0.2, -0.15) is 0 Å². The van der Waals surface area contributed by atoms with Crippen LogP contribution in [0.25, 0.3) is 0 Å². The first-order valence-corrected chi connectivity index (χ1v) is 8.81. The molecule has 19 heavy (non-hydrogen) atoms. The van der Waals surface area contributed by atoms with Crippen molar-refractivity contribution in [3.8, 4) is 0 Å². The van der Waals surface area contributed by atoms with Gasteiger partial charge in [-0.3, -0.25) is 0 Å². The van der Waals surface area contributed by atoms with E-state index in [0.717, 1.165) is 15.9 Å². The first-order chi connectivity index (χ1) is 9.11. The molecule has 0 fully saturated rings. The summed E-state index contributed by atoms with van der Waals surface area (Å²) >= 11 is 13.0. The highest BCUT2D eigenvalue weighted by molar-refractivity contribution is 9.10. The predicted molar refractivity (Wildman–Crippen MR) is 88.1 cm³/mol. The van der Waals surface area contributed by atoms with Gasteiger partial charge in [0.2, 0.25) is 0 Å². The molecule has 0 saturated carbocycles. The van der Waals surface area contributed by atoms with Gasteiger partial charge in [0.25, 0.3) is 0 Å². The number of pyridine rings is 1. The molecule has 2 nitrogen and oxygen atoms in total. The lowest BCUT2D eigenvalue weighted by molar-refractivity contribution is 0.639. The number of nitrogens with zero attached hydrogens (tertiary/aromatic N) is 1. The normalized spacial score (nSPS) is 14.3. The number of aromatic nitrogens is 1. The highest BCUT2D eigenvalue weighted by Crippen LogP contribution is 2.42. The number of hydrogen-bond acceptors (Lipinski definition) is 4. The molecule has 2 aromatic heterocycles. The molecular weight excluding hydrogens is 364 g/mol. The zero-order valence-corrected chi connectivity index (χ0v) is 14.3. The van der Waals surface area contributed by atoms with Crippen LogP contribution in [-0.4, -0.2) is 11.0 Å². The first kappa shape index (κ1) is 15.3. The van der Waals surface area contributed by atoms with Gasteiger partial charge in [0.15, 0.2) is 0 Å². The van der Waals surface area contributed by atoms with E-state index in [1.165, 1.54) is 4.88 Å². The van der Waals surface area contributed by atoms with Gasteiger partial charge in [0.05, 0.1) is 10.3 Å². The Morgan fingerprint density at radius 2 is 2.37 bits per heavy atom. The van der Waals surface area contributed by atoms with Crippen LogP contribution in [0.15, 0.2) is 39.3 Å². The molecule has 0 radical (unpaired) electrons. The standard InChI is InChI=1S/C13H14BrClN2S2/c1-2-10(16)12(11-6-8(14)7-18-11)19-13-9(15)4-3-5-17-13/h3-7,10,12H,2,16H2,1H3. The van der Waals surface area contributed by atoms with Gasteiger partial charge in [0.1, 0.15) is 5.03 Å². The minimum Gasteiger partial charge on any atom is -0.326 e. The molecule has 2 aromatic rings. The predicted octanol–water partition coefficient (Wildman–Crippen LogP) is 5.13. The van der Waals surface area contributed by atoms with E-state index in [0.29, 0.717) is 5.02 Å². The van der Waals surface area contributed by atoms with E-state index in [9.17, 15) is 0 Å². The second kappa shape index (κ2) is 7.09. The van der Waals surface area contributed by atoms with Crippen molar-refractivity contribution in [2.24, 2.45) is 5.73 Å². The van der Waals surface area contributed by atoms with E-state index in [2.05, 4.69) is 39.3 Å². The Hall–Kier alpha value is -0.0700. The second-order valence-corrected chi connectivity index (χ2v) is 7.46. The third kappa shape index (κ3) is 3.95. The summed E-state index contributed by atoms with van der Waals surface area (Å²) in [7, 11) is 0. The SMILES string of the molecule is CCC(N)C(Sc1ncccc1Cl)c1cc(Br)cs1. The molecule has 0 aliphatic heterocycles. The van der Waals surface area contributed by atoms with Crippen molar-refractivity contribution < 1.29 is 0 Å². The second-order valence-electron chi connectivity index (χ2n) is 4.07. The zero-order valence-electron chi connectivity index (χ0n) is 10.3. The van der Waals surface area contributed by atoms with Crippen LogP contribution in [0.3, 0.4) is 0 Å². The summed E-state index contributed by atoms with van der Waals surface area (Å²) in [6.45, 7) is 2.10. The molecule has 0 bridgehead atoms. The highest BCUT2D eigenvalue weighted by atomic mass is 79.9. The molecule has 2 atom stereocenters. The molecule has 102 valence electrons. The smallest absolute Gasteiger partial charge is 0.115 e. The maximum absolute atomic E-state index is 6.26. The van der Waals surface area contributed by atoms with Gasteiger partial charge in [-0.15, -0.1) is 11.3 Å². The summed E-state index contributed by atoms with van der Waals surface area (Å²) in [6, 6.07) is 5.89. The number of rotatable bonds is 5. The maximum atomic E-state index is 6.26. The summed E-state index contributed by atoms with van der Waals surface area (Å²) in [4.78, 5) is 5.58. The lowest BCUT2D eigenvalue weighted by Gasteiger charge is -2.21. The van der Waals surface area contributed by atoms with Crippen LogP contribution < -0.4 is 5.73 Å². The van der Waals surface area contributed by atoms with Crippen molar-refractivity contribution in [3.63, 3.8) is 0 Å². The summed E-state index contributed by atoms with van der Waals surface area (Å²) in [6.07, 6.45) is 2.67. The summed E-state index contributed by atoms with van der Waals surface area (Å²) < 4.78 is 1.09. The molecule has 0 saturated heterocycles. The Morgan fingerprint density at radius 1 is 1.58 bits per heavy atom. The fraction of sp³-hybridized carbons (Fsp3) is 0.308. The molecular formula is C13H14BrClN2S2. The third-order valence-corrected chi connectivity index (χ3v) is 6.44. The molecule has 2 N–H and O–H groups in total. The van der Waals surface area contributed by atoms with Crippen LogP contribution in [0.2, 0.25) is 5.02 Å². The average Bonchev–Trinajstić information content (AvgIpc) is 2.83. The van der Waals surface area contributed by atoms with Crippen LogP contribution in [0.4, 0.5) is 0 Å². The van der Waals surface area contributed by atoms with E-state index in [1.54, 1.807) is 29.3 Å². The Kier molecular flexibility index (Phi) is 5.71. The van der Waals surface area contributed by atoms with Crippen LogP contribution in [-0.2, 0) is 0 Å². The molecule has 0 amide bonds. The quantitative estimate of drug-likeness (QED) is 0.734. The molecule has 0 spiro atoms. The van der Waals surface area contributed by atoms with Crippen LogP contribution in [0.5, 0.6) is 0 Å². The Balaban J connectivity index is 2.27. The number of hydrogen-bond donors (Lipinski definition) is 1. The fourth-order valence-corrected chi connectivity index (χ4v) is 4.79. The van der Waals surface area contributed by atoms with Gasteiger partial charge < -0.3 is 5.73 Å². The summed E-state index contributed by atoms with van der Waals surface area (Å²) in [5.41, 5.74) is 6.26. The van der Waals surface area contributed by atoms with Gasteiger partial charge in [-0.25, -0.2) is 4.98 Å². The van der Waals surface area contributed by atoms with Crippen LogP contribution >= 0.6 is 50.6 Å². The van der Waals surface area contributed by atoms with Crippen molar-refractivity contribution in [3.05, 3.63) is 44.1 Å². The third-order valence-electron chi connectivity index (χ3n) is 2.69. The molecule has 0 aliphatic rings. The van der Waals surface area contributed by atoms with E-state index >= 15 is 0 Å². The molecule has 2 rings (SSSR count). The molecule has 0 aliphatic carbocycles. The summed E-state index contributed by atoms with van der Waals surface area (Å²) in [5, 5.41) is 3.76. The lowest BCUT2D eigenvalue weighted by Crippen LogP contribution is -2.25. The molecule has 6 heteroatoms.